The topological polar surface area (TPSA) is 62.4 Å². The molecule has 0 heterocycles. The summed E-state index contributed by atoms with van der Waals surface area (Å²) >= 11 is 9.82. The number of nitrogens with two attached hydrogens (primary N) is 1. The molecule has 0 aliphatic heterocycles. The van der Waals surface area contributed by atoms with E-state index in [1.165, 1.54) is 5.56 Å². The number of benzene rings is 1. The number of rotatable bonds is 3. The zero-order valence-corrected chi connectivity index (χ0v) is 11.3. The number of nitrogens with one attached hydrogen (secondary N) is 2. The van der Waals surface area contributed by atoms with Crippen molar-refractivity contribution in [2.45, 2.75) is 13.8 Å². The first-order valence-corrected chi connectivity index (χ1v) is 5.78. The Morgan fingerprint density at radius 2 is 1.82 bits per heavy atom. The van der Waals surface area contributed by atoms with E-state index in [0.29, 0.717) is 10.7 Å². The lowest BCUT2D eigenvalue weighted by Gasteiger charge is -2.08. The highest BCUT2D eigenvalue weighted by Crippen LogP contribution is 2.08. The number of aryl methyl sites for hydroxylation is 1. The summed E-state index contributed by atoms with van der Waals surface area (Å²) in [6.07, 6.45) is 0. The van der Waals surface area contributed by atoms with Gasteiger partial charge in [-0.1, -0.05) is 29.9 Å². The third-order valence-corrected chi connectivity index (χ3v) is 2.46. The Kier molecular flexibility index (Phi) is 4.99. The lowest BCUT2D eigenvalue weighted by Crippen LogP contribution is -2.28. The molecule has 0 unspecified atom stereocenters. The van der Waals surface area contributed by atoms with Crippen LogP contribution in [0.2, 0.25) is 0 Å². The van der Waals surface area contributed by atoms with Gasteiger partial charge in [0.25, 0.3) is 0 Å². The zero-order valence-electron chi connectivity index (χ0n) is 9.65. The van der Waals surface area contributed by atoms with Crippen molar-refractivity contribution in [1.29, 1.82) is 0 Å². The van der Waals surface area contributed by atoms with Gasteiger partial charge in [-0.05, 0) is 38.2 Å². The summed E-state index contributed by atoms with van der Waals surface area (Å²) in [5.41, 5.74) is 10.5. The Morgan fingerprint density at radius 1 is 1.24 bits per heavy atom. The van der Waals surface area contributed by atoms with E-state index >= 15 is 0 Å². The van der Waals surface area contributed by atoms with E-state index in [1.807, 2.05) is 31.2 Å². The lowest BCUT2D eigenvalue weighted by molar-refractivity contribution is 1.03. The second-order valence-corrected chi connectivity index (χ2v) is 4.34. The average Bonchev–Trinajstić information content (AvgIpc) is 2.28. The van der Waals surface area contributed by atoms with Crippen molar-refractivity contribution in [3.05, 3.63) is 29.8 Å². The molecule has 0 radical (unpaired) electrons. The molecule has 6 heteroatoms. The van der Waals surface area contributed by atoms with E-state index in [4.69, 9.17) is 18.0 Å². The second kappa shape index (κ2) is 6.27. The quantitative estimate of drug-likeness (QED) is 0.443. The van der Waals surface area contributed by atoms with Gasteiger partial charge in [0.1, 0.15) is 4.99 Å². The number of hydrogen-bond acceptors (Lipinski definition) is 3. The van der Waals surface area contributed by atoms with Crippen molar-refractivity contribution < 1.29 is 0 Å². The van der Waals surface area contributed by atoms with Gasteiger partial charge in [-0.2, -0.15) is 5.10 Å². The molecule has 0 atom stereocenters. The first kappa shape index (κ1) is 13.5. The fourth-order valence-electron chi connectivity index (χ4n) is 1.05. The van der Waals surface area contributed by atoms with E-state index in [9.17, 15) is 0 Å². The molecule has 90 valence electrons. The summed E-state index contributed by atoms with van der Waals surface area (Å²) in [5, 5.41) is 7.12. The molecular formula is C11H14N4S2. The van der Waals surface area contributed by atoms with Crippen LogP contribution in [0, 0.1) is 6.92 Å². The Balaban J connectivity index is 2.63. The fourth-order valence-corrected chi connectivity index (χ4v) is 1.26. The maximum Gasteiger partial charge on any atom is 0.184 e. The van der Waals surface area contributed by atoms with Crippen molar-refractivity contribution in [2.75, 3.05) is 5.32 Å². The molecule has 1 aromatic rings. The first-order chi connectivity index (χ1) is 7.99. The molecule has 0 aliphatic rings. The van der Waals surface area contributed by atoms with Crippen LogP contribution in [0.15, 0.2) is 29.4 Å². The van der Waals surface area contributed by atoms with E-state index < -0.39 is 0 Å². The molecule has 0 aliphatic carbocycles. The van der Waals surface area contributed by atoms with Gasteiger partial charge in [-0.15, -0.1) is 0 Å². The molecular weight excluding hydrogens is 252 g/mol. The van der Waals surface area contributed by atoms with Gasteiger partial charge in [-0.3, -0.25) is 5.43 Å². The molecule has 4 nitrogen and oxygen atoms in total. The van der Waals surface area contributed by atoms with Gasteiger partial charge < -0.3 is 11.1 Å². The van der Waals surface area contributed by atoms with Crippen LogP contribution < -0.4 is 16.5 Å². The summed E-state index contributed by atoms with van der Waals surface area (Å²) in [7, 11) is 0. The number of nitrogens with zero attached hydrogens (tertiary/aromatic N) is 1. The van der Waals surface area contributed by atoms with Crippen LogP contribution in [-0.2, 0) is 0 Å². The van der Waals surface area contributed by atoms with E-state index in [1.54, 1.807) is 6.92 Å². The van der Waals surface area contributed by atoms with Gasteiger partial charge in [0.2, 0.25) is 0 Å². The molecule has 0 amide bonds. The van der Waals surface area contributed by atoms with E-state index in [2.05, 4.69) is 28.1 Å². The van der Waals surface area contributed by atoms with Gasteiger partial charge in [0, 0.05) is 5.69 Å². The lowest BCUT2D eigenvalue weighted by atomic mass is 10.2. The smallest absolute Gasteiger partial charge is 0.184 e. The van der Waals surface area contributed by atoms with Gasteiger partial charge in [0.05, 0.1) is 5.71 Å². The van der Waals surface area contributed by atoms with Gasteiger partial charge in [0.15, 0.2) is 5.11 Å². The molecule has 1 rings (SSSR count). The largest absolute Gasteiger partial charge is 0.375 e. The monoisotopic (exact) mass is 266 g/mol. The van der Waals surface area contributed by atoms with Crippen LogP contribution in [0.1, 0.15) is 12.5 Å². The van der Waals surface area contributed by atoms with Crippen LogP contribution in [0.3, 0.4) is 0 Å². The maximum absolute atomic E-state index is 5.26. The van der Waals surface area contributed by atoms with Crippen LogP contribution in [-0.4, -0.2) is 15.8 Å². The number of anilines is 1. The minimum absolute atomic E-state index is 0.113. The third-order valence-electron chi connectivity index (χ3n) is 1.97. The van der Waals surface area contributed by atoms with Crippen molar-refractivity contribution in [2.24, 2.45) is 10.8 Å². The molecule has 0 saturated heterocycles. The number of hydrogen-bond donors (Lipinski definition) is 3. The molecule has 17 heavy (non-hydrogen) atoms. The number of hydrazone groups is 1. The predicted octanol–water partition coefficient (Wildman–Crippen LogP) is 1.94. The first-order valence-electron chi connectivity index (χ1n) is 4.97. The molecule has 0 spiro atoms. The average molecular weight is 266 g/mol. The van der Waals surface area contributed by atoms with Crippen molar-refractivity contribution in [3.8, 4) is 0 Å². The Hall–Kier alpha value is -1.53. The SMILES string of the molecule is CC(=NNC(N)=S)C(=S)Nc1ccc(C)cc1. The maximum atomic E-state index is 5.26. The molecule has 4 N–H and O–H groups in total. The normalized spacial score (nSPS) is 10.8. The molecule has 0 bridgehead atoms. The van der Waals surface area contributed by atoms with Crippen LogP contribution in [0.4, 0.5) is 5.69 Å². The molecule has 0 saturated carbocycles. The minimum atomic E-state index is 0.113. The van der Waals surface area contributed by atoms with E-state index in [0.717, 1.165) is 5.69 Å². The fraction of sp³-hybridized carbons (Fsp3) is 0.182. The van der Waals surface area contributed by atoms with E-state index in [-0.39, 0.29) is 5.11 Å². The standard InChI is InChI=1S/C11H14N4S2/c1-7-3-5-9(6-4-7)13-10(16)8(2)14-15-11(12)17/h3-6H,1-2H3,(H,13,16)(H3,12,15,17). The summed E-state index contributed by atoms with van der Waals surface area (Å²) in [5.74, 6) is 0. The Bertz CT molecular complexity index is 451. The Morgan fingerprint density at radius 3 is 2.35 bits per heavy atom. The highest BCUT2D eigenvalue weighted by molar-refractivity contribution is 7.82. The molecule has 0 aromatic heterocycles. The molecule has 1 aromatic carbocycles. The minimum Gasteiger partial charge on any atom is -0.375 e. The van der Waals surface area contributed by atoms with Crippen molar-refractivity contribution in [1.82, 2.24) is 5.43 Å². The third kappa shape index (κ3) is 4.88. The summed E-state index contributed by atoms with van der Waals surface area (Å²) in [4.78, 5) is 0.526. The predicted molar refractivity (Wildman–Crippen MR) is 80.4 cm³/mol. The van der Waals surface area contributed by atoms with Crippen LogP contribution >= 0.6 is 24.4 Å². The highest BCUT2D eigenvalue weighted by Gasteiger charge is 2.01. The summed E-state index contributed by atoms with van der Waals surface area (Å²) in [6.45, 7) is 3.80. The van der Waals surface area contributed by atoms with Gasteiger partial charge in [-0.25, -0.2) is 0 Å². The zero-order chi connectivity index (χ0) is 12.8. The Labute approximate surface area is 111 Å². The second-order valence-electron chi connectivity index (χ2n) is 3.49. The van der Waals surface area contributed by atoms with Gasteiger partial charge >= 0.3 is 0 Å². The highest BCUT2D eigenvalue weighted by atomic mass is 32.1. The molecule has 0 fully saturated rings. The number of thiocarbonyl (C=S) groups is 2. The summed E-state index contributed by atoms with van der Waals surface area (Å²) < 4.78 is 0. The summed E-state index contributed by atoms with van der Waals surface area (Å²) in [6, 6.07) is 7.92. The van der Waals surface area contributed by atoms with Crippen molar-refractivity contribution in [3.63, 3.8) is 0 Å². The van der Waals surface area contributed by atoms with Crippen LogP contribution in [0.25, 0.3) is 0 Å². The van der Waals surface area contributed by atoms with Crippen molar-refractivity contribution >= 4 is 45.9 Å². The van der Waals surface area contributed by atoms with Crippen LogP contribution in [0.5, 0.6) is 0 Å².